The maximum absolute atomic E-state index is 4.45. The standard InChI is InChI=1S/C20H28N2S/c1-15(18(4)22-16(2)11-12-17(22)3)8-6-9-19-10-7-13-21-20(19)14-23-5/h7,9-10,13-15,18H,2-3,6,8,11-12H2,1,4-5H3/b19-9-,20-14+. The minimum atomic E-state index is 0.469. The second kappa shape index (κ2) is 8.39. The van der Waals surface area contributed by atoms with E-state index in [1.54, 1.807) is 11.8 Å². The Hall–Kier alpha value is -1.48. The van der Waals surface area contributed by atoms with Gasteiger partial charge in [-0.15, -0.1) is 11.8 Å². The van der Waals surface area contributed by atoms with Crippen molar-refractivity contribution in [2.45, 2.75) is 45.6 Å². The minimum absolute atomic E-state index is 0.469. The van der Waals surface area contributed by atoms with E-state index in [1.807, 2.05) is 12.3 Å². The fourth-order valence-corrected chi connectivity index (χ4v) is 3.56. The summed E-state index contributed by atoms with van der Waals surface area (Å²) in [5.74, 6) is 0.600. The van der Waals surface area contributed by atoms with Crippen molar-refractivity contribution in [2.24, 2.45) is 5.92 Å². The predicted molar refractivity (Wildman–Crippen MR) is 103 cm³/mol. The first-order valence-electron chi connectivity index (χ1n) is 8.33. The lowest BCUT2D eigenvalue weighted by atomic mass is 9.96. The van der Waals surface area contributed by atoms with Crippen LogP contribution in [0, 0.1) is 5.92 Å². The maximum atomic E-state index is 4.45. The smallest absolute Gasteiger partial charge is 0.0761 e. The molecule has 1 fully saturated rings. The Morgan fingerprint density at radius 1 is 1.30 bits per heavy atom. The summed E-state index contributed by atoms with van der Waals surface area (Å²) in [5.41, 5.74) is 2.45. The summed E-state index contributed by atoms with van der Waals surface area (Å²) >= 11 is 1.70. The van der Waals surface area contributed by atoms with Crippen LogP contribution in [0.2, 0.25) is 0 Å². The SMILES string of the molecule is C=C1CCC(=C)N1C(C)C(C)CC/C=c1/cccn/c1=C/SC. The maximum Gasteiger partial charge on any atom is 0.0761 e. The van der Waals surface area contributed by atoms with Gasteiger partial charge in [0.15, 0.2) is 0 Å². The fraction of sp³-hybridized carbons (Fsp3) is 0.450. The molecule has 2 unspecified atom stereocenters. The van der Waals surface area contributed by atoms with Gasteiger partial charge in [-0.3, -0.25) is 4.98 Å². The highest BCUT2D eigenvalue weighted by atomic mass is 32.2. The quantitative estimate of drug-likeness (QED) is 0.788. The summed E-state index contributed by atoms with van der Waals surface area (Å²) in [6.45, 7) is 13.0. The average molecular weight is 329 g/mol. The monoisotopic (exact) mass is 328 g/mol. The lowest BCUT2D eigenvalue weighted by Gasteiger charge is -2.33. The topological polar surface area (TPSA) is 16.1 Å². The molecule has 1 aliphatic rings. The molecule has 1 aliphatic heterocycles. The molecule has 0 amide bonds. The number of allylic oxidation sites excluding steroid dienone is 2. The molecule has 0 spiro atoms. The van der Waals surface area contributed by atoms with Crippen LogP contribution in [0.15, 0.2) is 42.9 Å². The second-order valence-electron chi connectivity index (χ2n) is 6.33. The summed E-state index contributed by atoms with van der Waals surface area (Å²) in [5, 5.41) is 4.41. The molecule has 2 atom stereocenters. The van der Waals surface area contributed by atoms with Crippen LogP contribution in [0.5, 0.6) is 0 Å². The molecular weight excluding hydrogens is 300 g/mol. The van der Waals surface area contributed by atoms with Crippen LogP contribution < -0.4 is 10.6 Å². The number of hydrogen-bond donors (Lipinski definition) is 0. The molecule has 0 saturated carbocycles. The Morgan fingerprint density at radius 2 is 2.00 bits per heavy atom. The van der Waals surface area contributed by atoms with E-state index in [4.69, 9.17) is 0 Å². The van der Waals surface area contributed by atoms with Crippen molar-refractivity contribution < 1.29 is 0 Å². The van der Waals surface area contributed by atoms with Crippen molar-refractivity contribution in [3.05, 3.63) is 53.4 Å². The molecule has 0 bridgehead atoms. The second-order valence-corrected chi connectivity index (χ2v) is 7.04. The third-order valence-corrected chi connectivity index (χ3v) is 5.16. The number of likely N-dealkylation sites (tertiary alicyclic amines) is 1. The van der Waals surface area contributed by atoms with E-state index in [2.05, 4.69) is 60.7 Å². The molecule has 0 N–H and O–H groups in total. The van der Waals surface area contributed by atoms with Crippen LogP contribution in [0.25, 0.3) is 11.5 Å². The van der Waals surface area contributed by atoms with Gasteiger partial charge in [0.2, 0.25) is 0 Å². The normalized spacial score (nSPS) is 19.5. The van der Waals surface area contributed by atoms with Crippen molar-refractivity contribution in [1.29, 1.82) is 0 Å². The average Bonchev–Trinajstić information content (AvgIpc) is 2.87. The largest absolute Gasteiger partial charge is 0.347 e. The van der Waals surface area contributed by atoms with Gasteiger partial charge in [0.05, 0.1) is 5.35 Å². The first-order chi connectivity index (χ1) is 11.0. The number of thioether (sulfide) groups is 1. The van der Waals surface area contributed by atoms with Crippen LogP contribution >= 0.6 is 11.8 Å². The van der Waals surface area contributed by atoms with Crippen molar-refractivity contribution in [2.75, 3.05) is 6.26 Å². The van der Waals surface area contributed by atoms with Crippen LogP contribution in [-0.4, -0.2) is 22.2 Å². The molecule has 1 aromatic heterocycles. The van der Waals surface area contributed by atoms with E-state index in [1.165, 1.54) is 16.6 Å². The van der Waals surface area contributed by atoms with Crippen molar-refractivity contribution in [3.63, 3.8) is 0 Å². The molecule has 0 aromatic carbocycles. The molecule has 3 heteroatoms. The van der Waals surface area contributed by atoms with Gasteiger partial charge < -0.3 is 4.90 Å². The molecular formula is C20H28N2S. The lowest BCUT2D eigenvalue weighted by molar-refractivity contribution is 0.261. The number of aromatic nitrogens is 1. The Labute approximate surface area is 144 Å². The van der Waals surface area contributed by atoms with Crippen molar-refractivity contribution in [3.8, 4) is 0 Å². The number of hydrogen-bond acceptors (Lipinski definition) is 3. The third-order valence-electron chi connectivity index (χ3n) is 4.70. The minimum Gasteiger partial charge on any atom is -0.347 e. The Kier molecular flexibility index (Phi) is 6.52. The highest BCUT2D eigenvalue weighted by Crippen LogP contribution is 2.33. The fourth-order valence-electron chi connectivity index (χ4n) is 3.14. The van der Waals surface area contributed by atoms with Crippen LogP contribution in [0.3, 0.4) is 0 Å². The van der Waals surface area contributed by atoms with Crippen LogP contribution in [-0.2, 0) is 0 Å². The van der Waals surface area contributed by atoms with E-state index in [9.17, 15) is 0 Å². The van der Waals surface area contributed by atoms with Crippen LogP contribution in [0.4, 0.5) is 0 Å². The van der Waals surface area contributed by atoms with E-state index in [0.29, 0.717) is 12.0 Å². The first-order valence-corrected chi connectivity index (χ1v) is 9.62. The Morgan fingerprint density at radius 3 is 2.65 bits per heavy atom. The molecule has 1 saturated heterocycles. The summed E-state index contributed by atoms with van der Waals surface area (Å²) in [6, 6.07) is 4.62. The van der Waals surface area contributed by atoms with Gasteiger partial charge in [0, 0.05) is 23.6 Å². The van der Waals surface area contributed by atoms with Gasteiger partial charge in [-0.1, -0.05) is 32.2 Å². The molecule has 23 heavy (non-hydrogen) atoms. The van der Waals surface area contributed by atoms with Crippen LogP contribution in [0.1, 0.15) is 39.5 Å². The molecule has 2 nitrogen and oxygen atoms in total. The molecule has 2 rings (SSSR count). The summed E-state index contributed by atoms with van der Waals surface area (Å²) in [4.78, 5) is 6.79. The molecule has 0 aliphatic carbocycles. The van der Waals surface area contributed by atoms with Gasteiger partial charge in [-0.05, 0) is 61.5 Å². The number of rotatable bonds is 6. The van der Waals surface area contributed by atoms with E-state index in [0.717, 1.165) is 31.0 Å². The highest BCUT2D eigenvalue weighted by Gasteiger charge is 2.27. The third kappa shape index (κ3) is 4.51. The van der Waals surface area contributed by atoms with E-state index >= 15 is 0 Å². The van der Waals surface area contributed by atoms with Gasteiger partial charge in [0.1, 0.15) is 0 Å². The van der Waals surface area contributed by atoms with Crippen molar-refractivity contribution in [1.82, 2.24) is 9.88 Å². The highest BCUT2D eigenvalue weighted by molar-refractivity contribution is 8.05. The molecule has 1 aromatic rings. The zero-order valence-corrected chi connectivity index (χ0v) is 15.4. The lowest BCUT2D eigenvalue weighted by Crippen LogP contribution is -2.32. The van der Waals surface area contributed by atoms with Gasteiger partial charge in [-0.25, -0.2) is 0 Å². The molecule has 2 heterocycles. The van der Waals surface area contributed by atoms with E-state index in [-0.39, 0.29) is 0 Å². The van der Waals surface area contributed by atoms with Gasteiger partial charge in [0.25, 0.3) is 0 Å². The zero-order chi connectivity index (χ0) is 16.8. The Bertz CT molecular complexity index is 661. The number of pyridine rings is 1. The molecule has 0 radical (unpaired) electrons. The Balaban J connectivity index is 2.01. The molecule has 124 valence electrons. The summed E-state index contributed by atoms with van der Waals surface area (Å²) in [7, 11) is 0. The van der Waals surface area contributed by atoms with E-state index < -0.39 is 0 Å². The van der Waals surface area contributed by atoms with Crippen molar-refractivity contribution >= 4 is 23.2 Å². The van der Waals surface area contributed by atoms with Gasteiger partial charge in [-0.2, -0.15) is 0 Å². The predicted octanol–water partition coefficient (Wildman–Crippen LogP) is 3.89. The first kappa shape index (κ1) is 17.9. The summed E-state index contributed by atoms with van der Waals surface area (Å²) in [6.07, 6.45) is 10.6. The zero-order valence-electron chi connectivity index (χ0n) is 14.6. The van der Waals surface area contributed by atoms with Gasteiger partial charge >= 0.3 is 0 Å². The number of nitrogens with zero attached hydrogens (tertiary/aromatic N) is 2. The summed E-state index contributed by atoms with van der Waals surface area (Å²) < 4.78 is 0.